The lowest BCUT2D eigenvalue weighted by Gasteiger charge is -2.25. The van der Waals surface area contributed by atoms with E-state index >= 15 is 0 Å². The molecule has 0 spiro atoms. The highest BCUT2D eigenvalue weighted by Crippen LogP contribution is 2.31. The molecule has 6 nitrogen and oxygen atoms in total. The Morgan fingerprint density at radius 1 is 1.12 bits per heavy atom. The molecule has 1 N–H and O–H groups in total. The van der Waals surface area contributed by atoms with E-state index in [1.807, 2.05) is 0 Å². The third-order valence-corrected chi connectivity index (χ3v) is 3.64. The van der Waals surface area contributed by atoms with Crippen LogP contribution < -0.4 is 14.8 Å². The van der Waals surface area contributed by atoms with Gasteiger partial charge in [0.2, 0.25) is 6.10 Å². The van der Waals surface area contributed by atoms with Gasteiger partial charge in [0.05, 0.1) is 0 Å². The van der Waals surface area contributed by atoms with E-state index in [1.54, 1.807) is 24.3 Å². The molecule has 1 aliphatic heterocycles. The summed E-state index contributed by atoms with van der Waals surface area (Å²) in [5.74, 6) is -2.69. The summed E-state index contributed by atoms with van der Waals surface area (Å²) in [6.45, 7) is 1.20. The average Bonchev–Trinajstić information content (AvgIpc) is 2.64. The van der Waals surface area contributed by atoms with E-state index in [9.17, 15) is 18.4 Å². The third-order valence-electron chi connectivity index (χ3n) is 3.64. The summed E-state index contributed by atoms with van der Waals surface area (Å²) in [6, 6.07) is 9.97. The molecule has 0 aromatic heterocycles. The summed E-state index contributed by atoms with van der Waals surface area (Å²) in [5.41, 5.74) is -0.605. The monoisotopic (exact) mass is 363 g/mol. The molecule has 1 heterocycles. The molecule has 0 radical (unpaired) electrons. The molecule has 3 rings (SSSR count). The number of fused-ring (bicyclic) bond motifs is 1. The maximum atomic E-state index is 13.6. The van der Waals surface area contributed by atoms with Crippen molar-refractivity contribution >= 4 is 17.6 Å². The first kappa shape index (κ1) is 17.7. The molecule has 2 aromatic rings. The number of esters is 1. The molecule has 8 heteroatoms. The van der Waals surface area contributed by atoms with Gasteiger partial charge in [-0.05, 0) is 31.2 Å². The van der Waals surface area contributed by atoms with Gasteiger partial charge in [0, 0.05) is 0 Å². The molecule has 26 heavy (non-hydrogen) atoms. The Morgan fingerprint density at radius 2 is 1.77 bits per heavy atom. The van der Waals surface area contributed by atoms with Gasteiger partial charge in [-0.15, -0.1) is 0 Å². The Kier molecular flexibility index (Phi) is 5.01. The van der Waals surface area contributed by atoms with Crippen LogP contribution in [0.5, 0.6) is 11.5 Å². The molecular weight excluding hydrogens is 348 g/mol. The van der Waals surface area contributed by atoms with Gasteiger partial charge in [0.1, 0.15) is 23.9 Å². The van der Waals surface area contributed by atoms with Gasteiger partial charge in [-0.2, -0.15) is 0 Å². The van der Waals surface area contributed by atoms with E-state index in [2.05, 4.69) is 5.32 Å². The van der Waals surface area contributed by atoms with Crippen LogP contribution in [0.25, 0.3) is 0 Å². The van der Waals surface area contributed by atoms with Crippen LogP contribution in [-0.4, -0.2) is 30.7 Å². The summed E-state index contributed by atoms with van der Waals surface area (Å²) >= 11 is 0. The summed E-state index contributed by atoms with van der Waals surface area (Å²) in [5, 5.41) is 2.06. The van der Waals surface area contributed by atoms with Crippen molar-refractivity contribution in [1.82, 2.24) is 0 Å². The van der Waals surface area contributed by atoms with Gasteiger partial charge in [-0.25, -0.2) is 13.6 Å². The van der Waals surface area contributed by atoms with Gasteiger partial charge < -0.3 is 19.5 Å². The van der Waals surface area contributed by atoms with Gasteiger partial charge in [-0.1, -0.05) is 18.2 Å². The first-order valence-electron chi connectivity index (χ1n) is 7.79. The van der Waals surface area contributed by atoms with Crippen molar-refractivity contribution in [2.24, 2.45) is 0 Å². The van der Waals surface area contributed by atoms with Crippen LogP contribution in [0.15, 0.2) is 42.5 Å². The molecular formula is C18H15F2NO5. The molecule has 2 aromatic carbocycles. The number of amides is 1. The first-order chi connectivity index (χ1) is 12.5. The topological polar surface area (TPSA) is 73.9 Å². The standard InChI is InChI=1S/C18H15F2NO5/c1-10(17(22)21-16-11(19)5-4-6-12(16)20)25-18(23)15-9-24-13-7-2-3-8-14(13)26-15/h2-8,10,15H,9H2,1H3,(H,21,22)/t10-,15+/m0/s1. The molecule has 0 saturated carbocycles. The zero-order valence-electron chi connectivity index (χ0n) is 13.7. The second-order valence-electron chi connectivity index (χ2n) is 5.53. The van der Waals surface area contributed by atoms with Crippen molar-refractivity contribution in [1.29, 1.82) is 0 Å². The molecule has 1 aliphatic rings. The lowest BCUT2D eigenvalue weighted by Crippen LogP contribution is -2.41. The normalized spacial score (nSPS) is 16.5. The van der Waals surface area contributed by atoms with E-state index in [4.69, 9.17) is 14.2 Å². The van der Waals surface area contributed by atoms with Crippen molar-refractivity contribution in [3.8, 4) is 11.5 Å². The van der Waals surface area contributed by atoms with E-state index in [0.29, 0.717) is 11.5 Å². The van der Waals surface area contributed by atoms with Crippen molar-refractivity contribution in [2.45, 2.75) is 19.1 Å². The van der Waals surface area contributed by atoms with Crippen LogP contribution in [0.1, 0.15) is 6.92 Å². The highest BCUT2D eigenvalue weighted by Gasteiger charge is 2.31. The second kappa shape index (κ2) is 7.38. The van der Waals surface area contributed by atoms with Crippen molar-refractivity contribution < 1.29 is 32.6 Å². The highest BCUT2D eigenvalue weighted by atomic mass is 19.1. The molecule has 0 saturated heterocycles. The number of carbonyl (C=O) groups is 2. The van der Waals surface area contributed by atoms with Crippen LogP contribution in [0.2, 0.25) is 0 Å². The number of ether oxygens (including phenoxy) is 3. The number of halogens is 2. The molecule has 136 valence electrons. The lowest BCUT2D eigenvalue weighted by molar-refractivity contribution is -0.162. The number of hydrogen-bond acceptors (Lipinski definition) is 5. The maximum Gasteiger partial charge on any atom is 0.351 e. The van der Waals surface area contributed by atoms with E-state index in [0.717, 1.165) is 12.1 Å². The third kappa shape index (κ3) is 3.74. The smallest absolute Gasteiger partial charge is 0.351 e. The summed E-state index contributed by atoms with van der Waals surface area (Å²) in [6.07, 6.45) is -2.34. The number of benzene rings is 2. The molecule has 1 amide bonds. The number of hydrogen-bond donors (Lipinski definition) is 1. The zero-order valence-corrected chi connectivity index (χ0v) is 13.7. The largest absolute Gasteiger partial charge is 0.485 e. The Bertz CT molecular complexity index is 822. The minimum atomic E-state index is -1.29. The van der Waals surface area contributed by atoms with Gasteiger partial charge in [0.25, 0.3) is 5.91 Å². The van der Waals surface area contributed by atoms with Gasteiger partial charge >= 0.3 is 5.97 Å². The Balaban J connectivity index is 1.60. The Hall–Kier alpha value is -3.16. The molecule has 0 bridgehead atoms. The molecule has 2 atom stereocenters. The van der Waals surface area contributed by atoms with Crippen LogP contribution in [0, 0.1) is 11.6 Å². The fourth-order valence-corrected chi connectivity index (χ4v) is 2.28. The number of rotatable bonds is 4. The predicted molar refractivity (Wildman–Crippen MR) is 86.9 cm³/mol. The Morgan fingerprint density at radius 3 is 2.46 bits per heavy atom. The number of anilines is 1. The summed E-state index contributed by atoms with van der Waals surface area (Å²) in [4.78, 5) is 24.2. The second-order valence-corrected chi connectivity index (χ2v) is 5.53. The van der Waals surface area contributed by atoms with E-state index in [-0.39, 0.29) is 6.61 Å². The fourth-order valence-electron chi connectivity index (χ4n) is 2.28. The SMILES string of the molecule is C[C@H](OC(=O)[C@H]1COc2ccccc2O1)C(=O)Nc1c(F)cccc1F. The van der Waals surface area contributed by atoms with Gasteiger partial charge in [0.15, 0.2) is 17.6 Å². The van der Waals surface area contributed by atoms with Crippen LogP contribution >= 0.6 is 0 Å². The molecule has 0 aliphatic carbocycles. The Labute approximate surface area is 147 Å². The van der Waals surface area contributed by atoms with Crippen molar-refractivity contribution in [3.63, 3.8) is 0 Å². The van der Waals surface area contributed by atoms with Crippen LogP contribution in [0.3, 0.4) is 0 Å². The minimum absolute atomic E-state index is 0.0773. The number of para-hydroxylation sites is 3. The predicted octanol–water partition coefficient (Wildman–Crippen LogP) is 2.67. The highest BCUT2D eigenvalue weighted by molar-refractivity contribution is 5.95. The minimum Gasteiger partial charge on any atom is -0.485 e. The van der Waals surface area contributed by atoms with Crippen molar-refractivity contribution in [3.05, 3.63) is 54.1 Å². The van der Waals surface area contributed by atoms with Crippen LogP contribution in [0.4, 0.5) is 14.5 Å². The fraction of sp³-hybridized carbons (Fsp3) is 0.222. The summed E-state index contributed by atoms with van der Waals surface area (Å²) < 4.78 is 43.0. The molecule has 0 fully saturated rings. The summed E-state index contributed by atoms with van der Waals surface area (Å²) in [7, 11) is 0. The number of nitrogens with one attached hydrogen (secondary N) is 1. The molecule has 0 unspecified atom stereocenters. The lowest BCUT2D eigenvalue weighted by atomic mass is 10.2. The first-order valence-corrected chi connectivity index (χ1v) is 7.79. The maximum absolute atomic E-state index is 13.6. The zero-order chi connectivity index (χ0) is 18.7. The van der Waals surface area contributed by atoms with Gasteiger partial charge in [-0.3, -0.25) is 4.79 Å². The van der Waals surface area contributed by atoms with Crippen molar-refractivity contribution in [2.75, 3.05) is 11.9 Å². The van der Waals surface area contributed by atoms with E-state index in [1.165, 1.54) is 13.0 Å². The number of carbonyl (C=O) groups excluding carboxylic acids is 2. The van der Waals surface area contributed by atoms with E-state index < -0.39 is 41.4 Å². The average molecular weight is 363 g/mol. The quantitative estimate of drug-likeness (QED) is 0.846. The van der Waals surface area contributed by atoms with Crippen LogP contribution in [-0.2, 0) is 14.3 Å².